The van der Waals surface area contributed by atoms with Gasteiger partial charge in [-0.05, 0) is 30.7 Å². The zero-order chi connectivity index (χ0) is 13.0. The van der Waals surface area contributed by atoms with Gasteiger partial charge in [0.05, 0.1) is 19.3 Å². The smallest absolute Gasteiger partial charge is 0.165 e. The van der Waals surface area contributed by atoms with E-state index in [-0.39, 0.29) is 0 Å². The van der Waals surface area contributed by atoms with Crippen molar-refractivity contribution in [3.8, 4) is 0 Å². The summed E-state index contributed by atoms with van der Waals surface area (Å²) in [6.45, 7) is 9.93. The Morgan fingerprint density at radius 2 is 2.22 bits per heavy atom. The van der Waals surface area contributed by atoms with Gasteiger partial charge in [-0.2, -0.15) is 0 Å². The number of aromatic nitrogens is 4. The van der Waals surface area contributed by atoms with Gasteiger partial charge >= 0.3 is 0 Å². The highest BCUT2D eigenvalue weighted by molar-refractivity contribution is 4.85. The maximum Gasteiger partial charge on any atom is 0.165 e. The number of aryl methyl sites for hydroxylation is 1. The normalized spacial score (nSPS) is 25.5. The summed E-state index contributed by atoms with van der Waals surface area (Å²) in [5, 5.41) is 12.0. The highest BCUT2D eigenvalue weighted by Gasteiger charge is 2.24. The number of unbranched alkanes of at least 4 members (excludes halogenated alkanes) is 1. The van der Waals surface area contributed by atoms with Crippen LogP contribution in [-0.2, 0) is 17.8 Å². The Morgan fingerprint density at radius 1 is 1.39 bits per heavy atom. The molecule has 2 unspecified atom stereocenters. The first-order valence-corrected chi connectivity index (χ1v) is 6.81. The molecular formula is C12H23N5O. The molecule has 1 saturated heterocycles. The Balaban J connectivity index is 1.97. The van der Waals surface area contributed by atoms with Gasteiger partial charge in [-0.3, -0.25) is 4.90 Å². The van der Waals surface area contributed by atoms with Gasteiger partial charge in [0, 0.05) is 19.1 Å². The molecule has 0 bridgehead atoms. The van der Waals surface area contributed by atoms with Crippen LogP contribution >= 0.6 is 0 Å². The Bertz CT molecular complexity index is 367. The van der Waals surface area contributed by atoms with Gasteiger partial charge in [-0.25, -0.2) is 4.68 Å². The molecule has 1 fully saturated rings. The zero-order valence-corrected chi connectivity index (χ0v) is 11.5. The van der Waals surface area contributed by atoms with E-state index in [2.05, 4.69) is 41.2 Å². The second kappa shape index (κ2) is 6.24. The summed E-state index contributed by atoms with van der Waals surface area (Å²) in [4.78, 5) is 2.39. The lowest BCUT2D eigenvalue weighted by molar-refractivity contribution is -0.0539. The molecule has 1 aliphatic rings. The predicted molar refractivity (Wildman–Crippen MR) is 68.0 cm³/mol. The van der Waals surface area contributed by atoms with Crippen LogP contribution in [0.2, 0.25) is 0 Å². The minimum absolute atomic E-state index is 0.293. The largest absolute Gasteiger partial charge is 0.376 e. The highest BCUT2D eigenvalue weighted by Crippen LogP contribution is 2.14. The average molecular weight is 253 g/mol. The molecule has 102 valence electrons. The van der Waals surface area contributed by atoms with Crippen molar-refractivity contribution in [1.29, 1.82) is 0 Å². The summed E-state index contributed by atoms with van der Waals surface area (Å²) in [5.74, 6) is 0.962. The van der Waals surface area contributed by atoms with Crippen LogP contribution in [0.5, 0.6) is 0 Å². The van der Waals surface area contributed by atoms with Crippen molar-refractivity contribution in [3.63, 3.8) is 0 Å². The molecule has 0 N–H and O–H groups in total. The fourth-order valence-corrected chi connectivity index (χ4v) is 2.19. The van der Waals surface area contributed by atoms with Gasteiger partial charge in [-0.15, -0.1) is 5.10 Å². The van der Waals surface area contributed by atoms with Gasteiger partial charge in [0.2, 0.25) is 0 Å². The molecule has 6 heteroatoms. The molecule has 1 aromatic heterocycles. The number of hydrogen-bond donors (Lipinski definition) is 0. The molecule has 0 saturated carbocycles. The quantitative estimate of drug-likeness (QED) is 0.786. The minimum atomic E-state index is 0.293. The third-order valence-electron chi connectivity index (χ3n) is 3.41. The van der Waals surface area contributed by atoms with Crippen LogP contribution in [-0.4, -0.2) is 50.4 Å². The lowest BCUT2D eigenvalue weighted by Crippen LogP contribution is -2.47. The fraction of sp³-hybridized carbons (Fsp3) is 0.917. The Kier molecular flexibility index (Phi) is 4.66. The molecule has 0 spiro atoms. The maximum absolute atomic E-state index is 5.63. The van der Waals surface area contributed by atoms with E-state index in [0.717, 1.165) is 44.9 Å². The van der Waals surface area contributed by atoms with Crippen molar-refractivity contribution in [1.82, 2.24) is 25.1 Å². The molecule has 2 rings (SSSR count). The van der Waals surface area contributed by atoms with Crippen molar-refractivity contribution in [2.75, 3.05) is 13.2 Å². The van der Waals surface area contributed by atoms with Crippen LogP contribution in [0.1, 0.15) is 39.4 Å². The van der Waals surface area contributed by atoms with Crippen molar-refractivity contribution in [2.24, 2.45) is 0 Å². The summed E-state index contributed by atoms with van der Waals surface area (Å²) >= 11 is 0. The number of nitrogens with zero attached hydrogens (tertiary/aromatic N) is 5. The van der Waals surface area contributed by atoms with Gasteiger partial charge in [0.1, 0.15) is 0 Å². The van der Waals surface area contributed by atoms with Gasteiger partial charge < -0.3 is 4.74 Å². The van der Waals surface area contributed by atoms with Gasteiger partial charge in [0.15, 0.2) is 5.82 Å². The van der Waals surface area contributed by atoms with Crippen LogP contribution < -0.4 is 0 Å². The van der Waals surface area contributed by atoms with Crippen molar-refractivity contribution in [2.45, 2.75) is 58.8 Å². The molecule has 18 heavy (non-hydrogen) atoms. The summed E-state index contributed by atoms with van der Waals surface area (Å²) in [6.07, 6.45) is 2.57. The number of tetrazole rings is 1. The molecule has 2 heterocycles. The van der Waals surface area contributed by atoms with E-state index in [1.54, 1.807) is 0 Å². The Morgan fingerprint density at radius 3 is 3.00 bits per heavy atom. The fourth-order valence-electron chi connectivity index (χ4n) is 2.19. The topological polar surface area (TPSA) is 56.1 Å². The lowest BCUT2D eigenvalue weighted by Gasteiger charge is -2.36. The minimum Gasteiger partial charge on any atom is -0.376 e. The van der Waals surface area contributed by atoms with E-state index >= 15 is 0 Å². The first-order valence-electron chi connectivity index (χ1n) is 6.81. The third kappa shape index (κ3) is 3.26. The summed E-state index contributed by atoms with van der Waals surface area (Å²) in [6, 6.07) is 0.428. The molecule has 0 amide bonds. The Hall–Kier alpha value is -1.01. The molecule has 0 radical (unpaired) electrons. The molecule has 1 aliphatic heterocycles. The van der Waals surface area contributed by atoms with Crippen LogP contribution in [0.4, 0.5) is 0 Å². The maximum atomic E-state index is 5.63. The first kappa shape index (κ1) is 13.4. The van der Waals surface area contributed by atoms with Crippen LogP contribution in [0.15, 0.2) is 0 Å². The number of ether oxygens (including phenoxy) is 1. The number of rotatable bonds is 5. The third-order valence-corrected chi connectivity index (χ3v) is 3.41. The van der Waals surface area contributed by atoms with Crippen molar-refractivity contribution < 1.29 is 4.74 Å². The van der Waals surface area contributed by atoms with Gasteiger partial charge in [0.25, 0.3) is 0 Å². The summed E-state index contributed by atoms with van der Waals surface area (Å²) < 4.78 is 7.56. The van der Waals surface area contributed by atoms with E-state index in [1.807, 2.05) is 4.68 Å². The van der Waals surface area contributed by atoms with Gasteiger partial charge in [-0.1, -0.05) is 13.3 Å². The summed E-state index contributed by atoms with van der Waals surface area (Å²) in [5.41, 5.74) is 0. The molecule has 0 aromatic carbocycles. The second-order valence-electron chi connectivity index (χ2n) is 5.09. The molecule has 0 aliphatic carbocycles. The van der Waals surface area contributed by atoms with E-state index in [9.17, 15) is 0 Å². The molecule has 1 aromatic rings. The summed E-state index contributed by atoms with van der Waals surface area (Å²) in [7, 11) is 0. The van der Waals surface area contributed by atoms with Crippen LogP contribution in [0.25, 0.3) is 0 Å². The SMILES string of the molecule is CCCCn1nnnc1CN1CC(C)OCC1C. The predicted octanol–water partition coefficient (Wildman–Crippen LogP) is 1.08. The second-order valence-corrected chi connectivity index (χ2v) is 5.09. The standard InChI is InChI=1S/C12H23N5O/c1-4-5-6-17-12(13-14-15-17)8-16-7-11(3)18-9-10(16)2/h10-11H,4-9H2,1-3H3. The van der Waals surface area contributed by atoms with E-state index < -0.39 is 0 Å². The van der Waals surface area contributed by atoms with Crippen molar-refractivity contribution in [3.05, 3.63) is 5.82 Å². The van der Waals surface area contributed by atoms with Crippen molar-refractivity contribution >= 4 is 0 Å². The molecule has 2 atom stereocenters. The Labute approximate surface area is 108 Å². The first-order chi connectivity index (χ1) is 8.70. The average Bonchev–Trinajstić information content (AvgIpc) is 2.79. The van der Waals surface area contributed by atoms with Crippen LogP contribution in [0, 0.1) is 0 Å². The number of morpholine rings is 1. The van der Waals surface area contributed by atoms with E-state index in [4.69, 9.17) is 4.74 Å². The van der Waals surface area contributed by atoms with Crippen LogP contribution in [0.3, 0.4) is 0 Å². The van der Waals surface area contributed by atoms with E-state index in [1.165, 1.54) is 0 Å². The highest BCUT2D eigenvalue weighted by atomic mass is 16.5. The lowest BCUT2D eigenvalue weighted by atomic mass is 10.2. The molecular weight excluding hydrogens is 230 g/mol. The van der Waals surface area contributed by atoms with E-state index in [0.29, 0.717) is 12.1 Å². The zero-order valence-electron chi connectivity index (χ0n) is 11.5. The monoisotopic (exact) mass is 253 g/mol. The number of hydrogen-bond acceptors (Lipinski definition) is 5. The molecule has 6 nitrogen and oxygen atoms in total.